The van der Waals surface area contributed by atoms with Crippen LogP contribution < -0.4 is 10.2 Å². The van der Waals surface area contributed by atoms with Gasteiger partial charge in [-0.15, -0.1) is 0 Å². The molecule has 28 heavy (non-hydrogen) atoms. The summed E-state index contributed by atoms with van der Waals surface area (Å²) in [5.74, 6) is 2.47. The Balaban J connectivity index is 1.28. The highest BCUT2D eigenvalue weighted by Gasteiger charge is 2.14. The van der Waals surface area contributed by atoms with Gasteiger partial charge in [0.05, 0.1) is 5.75 Å². The molecule has 0 aromatic carbocycles. The fourth-order valence-electron chi connectivity index (χ4n) is 3.13. The maximum atomic E-state index is 12.3. The van der Waals surface area contributed by atoms with Crippen LogP contribution in [0.1, 0.15) is 34.7 Å². The number of carbonyl (C=O) groups is 1. The number of nitrogens with one attached hydrogen (secondary N) is 1. The maximum absolute atomic E-state index is 12.3. The number of thioether (sulfide) groups is 1. The monoisotopic (exact) mass is 397 g/mol. The van der Waals surface area contributed by atoms with E-state index in [2.05, 4.69) is 20.2 Å². The molecule has 0 spiro atoms. The lowest BCUT2D eigenvalue weighted by atomic mass is 10.2. The fraction of sp³-hybridized carbons (Fsp3) is 0.350. The topological polar surface area (TPSA) is 76.2 Å². The molecule has 146 valence electrons. The van der Waals surface area contributed by atoms with Gasteiger partial charge in [-0.1, -0.05) is 17.8 Å². The highest BCUT2D eigenvalue weighted by atomic mass is 32.2. The van der Waals surface area contributed by atoms with E-state index in [-0.39, 0.29) is 5.91 Å². The molecule has 0 atom stereocenters. The number of pyridine rings is 1. The number of hydrogen-bond acceptors (Lipinski definition) is 6. The largest absolute Gasteiger partial charge is 0.455 e. The highest BCUT2D eigenvalue weighted by molar-refractivity contribution is 7.98. The molecule has 1 N–H and O–H groups in total. The summed E-state index contributed by atoms with van der Waals surface area (Å²) in [6, 6.07) is 7.57. The molecule has 3 aromatic heterocycles. The van der Waals surface area contributed by atoms with Gasteiger partial charge in [-0.05, 0) is 36.6 Å². The SMILES string of the molecule is Cn1ccnc1SCc1ccc(C(=O)NCc2ccc(N3CCCC3)nc2)o1. The van der Waals surface area contributed by atoms with Crippen molar-refractivity contribution >= 4 is 23.5 Å². The lowest BCUT2D eigenvalue weighted by molar-refractivity contribution is 0.0921. The summed E-state index contributed by atoms with van der Waals surface area (Å²) >= 11 is 1.57. The number of carbonyl (C=O) groups excluding carboxylic acids is 1. The fourth-order valence-corrected chi connectivity index (χ4v) is 3.95. The van der Waals surface area contributed by atoms with Gasteiger partial charge in [0.25, 0.3) is 5.91 Å². The van der Waals surface area contributed by atoms with E-state index in [9.17, 15) is 4.79 Å². The maximum Gasteiger partial charge on any atom is 0.287 e. The molecule has 0 saturated carbocycles. The van der Waals surface area contributed by atoms with Crippen LogP contribution in [0.5, 0.6) is 0 Å². The molecule has 1 aliphatic heterocycles. The number of aromatic nitrogens is 3. The molecule has 3 aromatic rings. The first kappa shape index (κ1) is 18.6. The van der Waals surface area contributed by atoms with Gasteiger partial charge in [-0.2, -0.15) is 0 Å². The minimum Gasteiger partial charge on any atom is -0.455 e. The van der Waals surface area contributed by atoms with Gasteiger partial charge in [0.15, 0.2) is 10.9 Å². The van der Waals surface area contributed by atoms with Crippen LogP contribution in [-0.4, -0.2) is 33.5 Å². The van der Waals surface area contributed by atoms with E-state index in [4.69, 9.17) is 4.42 Å². The molecular weight excluding hydrogens is 374 g/mol. The highest BCUT2D eigenvalue weighted by Crippen LogP contribution is 2.22. The molecule has 1 aliphatic rings. The van der Waals surface area contributed by atoms with Crippen LogP contribution >= 0.6 is 11.8 Å². The van der Waals surface area contributed by atoms with Crippen molar-refractivity contribution in [2.75, 3.05) is 18.0 Å². The summed E-state index contributed by atoms with van der Waals surface area (Å²) in [6.45, 7) is 2.56. The molecule has 8 heteroatoms. The first-order chi connectivity index (χ1) is 13.7. The van der Waals surface area contributed by atoms with E-state index in [0.717, 1.165) is 35.4 Å². The molecule has 0 aliphatic carbocycles. The Hall–Kier alpha value is -2.74. The van der Waals surface area contributed by atoms with Crippen molar-refractivity contribution in [2.45, 2.75) is 30.3 Å². The molecule has 0 bridgehead atoms. The number of hydrogen-bond donors (Lipinski definition) is 1. The third-order valence-electron chi connectivity index (χ3n) is 4.70. The van der Waals surface area contributed by atoms with E-state index < -0.39 is 0 Å². The standard InChI is InChI=1S/C20H23N5O2S/c1-24-11-8-21-20(24)28-14-16-5-6-17(27-16)19(26)23-13-15-4-7-18(22-12-15)25-9-2-3-10-25/h4-8,11-12H,2-3,9-10,13-14H2,1H3,(H,23,26). The number of rotatable bonds is 7. The summed E-state index contributed by atoms with van der Waals surface area (Å²) in [4.78, 5) is 23.4. The van der Waals surface area contributed by atoms with Crippen molar-refractivity contribution < 1.29 is 9.21 Å². The molecule has 0 radical (unpaired) electrons. The Kier molecular flexibility index (Phi) is 5.66. The van der Waals surface area contributed by atoms with Crippen molar-refractivity contribution in [1.82, 2.24) is 19.9 Å². The van der Waals surface area contributed by atoms with Crippen molar-refractivity contribution in [3.05, 3.63) is 59.9 Å². The quantitative estimate of drug-likeness (QED) is 0.617. The average molecular weight is 398 g/mol. The second-order valence-corrected chi connectivity index (χ2v) is 7.72. The van der Waals surface area contributed by atoms with Gasteiger partial charge >= 0.3 is 0 Å². The predicted molar refractivity (Wildman–Crippen MR) is 108 cm³/mol. The molecule has 1 amide bonds. The van der Waals surface area contributed by atoms with Gasteiger partial charge in [0.2, 0.25) is 0 Å². The number of imidazole rings is 1. The van der Waals surface area contributed by atoms with Crippen LogP contribution in [-0.2, 0) is 19.3 Å². The Labute approximate surface area is 168 Å². The second-order valence-electron chi connectivity index (χ2n) is 6.78. The minimum atomic E-state index is -0.225. The van der Waals surface area contributed by atoms with Crippen LogP contribution in [0.15, 0.2) is 52.4 Å². The zero-order valence-electron chi connectivity index (χ0n) is 15.8. The predicted octanol–water partition coefficient (Wildman–Crippen LogP) is 3.23. The molecular formula is C20H23N5O2S. The van der Waals surface area contributed by atoms with E-state index in [1.54, 1.807) is 24.0 Å². The summed E-state index contributed by atoms with van der Waals surface area (Å²) < 4.78 is 7.62. The number of nitrogens with zero attached hydrogens (tertiary/aromatic N) is 4. The van der Waals surface area contributed by atoms with Crippen LogP contribution in [0.25, 0.3) is 0 Å². The number of anilines is 1. The summed E-state index contributed by atoms with van der Waals surface area (Å²) in [5.41, 5.74) is 0.966. The second kappa shape index (κ2) is 8.52. The van der Waals surface area contributed by atoms with Gasteiger partial charge in [-0.3, -0.25) is 4.79 Å². The summed E-state index contributed by atoms with van der Waals surface area (Å²) in [7, 11) is 1.95. The van der Waals surface area contributed by atoms with E-state index in [0.29, 0.717) is 18.1 Å². The molecule has 4 rings (SSSR count). The van der Waals surface area contributed by atoms with Gasteiger partial charge in [0, 0.05) is 45.3 Å². The zero-order valence-corrected chi connectivity index (χ0v) is 16.6. The molecule has 7 nitrogen and oxygen atoms in total. The van der Waals surface area contributed by atoms with Gasteiger partial charge in [0.1, 0.15) is 11.6 Å². The first-order valence-electron chi connectivity index (χ1n) is 9.36. The smallest absolute Gasteiger partial charge is 0.287 e. The Morgan fingerprint density at radius 3 is 2.79 bits per heavy atom. The third kappa shape index (κ3) is 4.39. The molecule has 4 heterocycles. The Bertz CT molecular complexity index is 928. The van der Waals surface area contributed by atoms with Crippen LogP contribution in [0.3, 0.4) is 0 Å². The van der Waals surface area contributed by atoms with Crippen molar-refractivity contribution in [1.29, 1.82) is 0 Å². The number of aryl methyl sites for hydroxylation is 1. The number of furan rings is 1. The first-order valence-corrected chi connectivity index (χ1v) is 10.3. The van der Waals surface area contributed by atoms with Crippen molar-refractivity contribution in [3.8, 4) is 0 Å². The van der Waals surface area contributed by atoms with Crippen molar-refractivity contribution in [3.63, 3.8) is 0 Å². The van der Waals surface area contributed by atoms with Gasteiger partial charge in [-0.25, -0.2) is 9.97 Å². The zero-order chi connectivity index (χ0) is 19.3. The third-order valence-corrected chi connectivity index (χ3v) is 5.78. The normalized spacial score (nSPS) is 13.8. The van der Waals surface area contributed by atoms with Crippen LogP contribution in [0.4, 0.5) is 5.82 Å². The molecule has 0 unspecified atom stereocenters. The lowest BCUT2D eigenvalue weighted by Gasteiger charge is -2.16. The Morgan fingerprint density at radius 2 is 2.07 bits per heavy atom. The van der Waals surface area contributed by atoms with Gasteiger partial charge < -0.3 is 19.2 Å². The average Bonchev–Trinajstić information content (AvgIpc) is 3.47. The number of amides is 1. The minimum absolute atomic E-state index is 0.225. The summed E-state index contributed by atoms with van der Waals surface area (Å²) in [6.07, 6.45) is 7.94. The Morgan fingerprint density at radius 1 is 1.21 bits per heavy atom. The van der Waals surface area contributed by atoms with E-state index in [1.807, 2.05) is 42.2 Å². The van der Waals surface area contributed by atoms with E-state index in [1.165, 1.54) is 12.8 Å². The lowest BCUT2D eigenvalue weighted by Crippen LogP contribution is -2.23. The van der Waals surface area contributed by atoms with Crippen LogP contribution in [0, 0.1) is 0 Å². The molecule has 1 saturated heterocycles. The molecule has 1 fully saturated rings. The summed E-state index contributed by atoms with van der Waals surface area (Å²) in [5, 5.41) is 3.80. The van der Waals surface area contributed by atoms with Crippen LogP contribution in [0.2, 0.25) is 0 Å². The van der Waals surface area contributed by atoms with E-state index >= 15 is 0 Å². The van der Waals surface area contributed by atoms with Crippen molar-refractivity contribution in [2.24, 2.45) is 7.05 Å².